The van der Waals surface area contributed by atoms with E-state index in [1.807, 2.05) is 14.0 Å². The van der Waals surface area contributed by atoms with E-state index in [1.165, 1.54) is 18.2 Å². The summed E-state index contributed by atoms with van der Waals surface area (Å²) in [6, 6.07) is 4.58. The van der Waals surface area contributed by atoms with Crippen molar-refractivity contribution in [2.24, 2.45) is 0 Å². The largest absolute Gasteiger partial charge is 0.334 e. The maximum absolute atomic E-state index is 12.5. The first-order valence-corrected chi connectivity index (χ1v) is 9.72. The van der Waals surface area contributed by atoms with Crippen molar-refractivity contribution in [3.63, 3.8) is 0 Å². The van der Waals surface area contributed by atoms with Gasteiger partial charge in [-0.3, -0.25) is 0 Å². The van der Waals surface area contributed by atoms with Gasteiger partial charge < -0.3 is 9.84 Å². The van der Waals surface area contributed by atoms with Crippen LogP contribution in [-0.4, -0.2) is 37.2 Å². The monoisotopic (exact) mass is 422 g/mol. The SMILES string of the molecule is CNC(C)Cc1noc(-c2cc(S(=O)(=O)NC(C)(C)C)ccc2Cl)n1.Cl. The van der Waals surface area contributed by atoms with Gasteiger partial charge in [-0.1, -0.05) is 16.8 Å². The summed E-state index contributed by atoms with van der Waals surface area (Å²) in [4.78, 5) is 4.40. The summed E-state index contributed by atoms with van der Waals surface area (Å²) in [7, 11) is -1.84. The normalized spacial score (nSPS) is 13.3. The molecule has 0 saturated carbocycles. The van der Waals surface area contributed by atoms with Gasteiger partial charge >= 0.3 is 0 Å². The van der Waals surface area contributed by atoms with E-state index in [9.17, 15) is 8.42 Å². The molecule has 0 bridgehead atoms. The Hall–Kier alpha value is -1.19. The van der Waals surface area contributed by atoms with E-state index in [1.54, 1.807) is 20.8 Å². The van der Waals surface area contributed by atoms with Crippen LogP contribution in [0.4, 0.5) is 0 Å². The van der Waals surface area contributed by atoms with E-state index in [4.69, 9.17) is 16.1 Å². The highest BCUT2D eigenvalue weighted by Crippen LogP contribution is 2.29. The Morgan fingerprint density at radius 1 is 1.31 bits per heavy atom. The first-order chi connectivity index (χ1) is 11.5. The lowest BCUT2D eigenvalue weighted by Gasteiger charge is -2.20. The number of nitrogens with zero attached hydrogens (tertiary/aromatic N) is 2. The average molecular weight is 423 g/mol. The van der Waals surface area contributed by atoms with E-state index in [2.05, 4.69) is 20.2 Å². The molecule has 1 unspecified atom stereocenters. The van der Waals surface area contributed by atoms with Gasteiger partial charge in [0.15, 0.2) is 5.82 Å². The van der Waals surface area contributed by atoms with Gasteiger partial charge in [0.25, 0.3) is 5.89 Å². The Kier molecular flexibility index (Phi) is 7.62. The highest BCUT2D eigenvalue weighted by molar-refractivity contribution is 7.89. The molecule has 0 aliphatic rings. The van der Waals surface area contributed by atoms with Gasteiger partial charge in [-0.2, -0.15) is 4.98 Å². The maximum atomic E-state index is 12.5. The maximum Gasteiger partial charge on any atom is 0.259 e. The van der Waals surface area contributed by atoms with Gasteiger partial charge in [-0.05, 0) is 52.9 Å². The quantitative estimate of drug-likeness (QED) is 0.742. The Morgan fingerprint density at radius 3 is 2.54 bits per heavy atom. The summed E-state index contributed by atoms with van der Waals surface area (Å²) >= 11 is 6.20. The molecule has 0 radical (unpaired) electrons. The van der Waals surface area contributed by atoms with Crippen LogP contribution in [0.15, 0.2) is 27.6 Å². The second kappa shape index (κ2) is 8.67. The first kappa shape index (κ1) is 22.9. The summed E-state index contributed by atoms with van der Waals surface area (Å²) in [5.74, 6) is 0.713. The predicted molar refractivity (Wildman–Crippen MR) is 104 cm³/mol. The zero-order valence-corrected chi connectivity index (χ0v) is 17.7. The molecule has 0 aliphatic heterocycles. The molecule has 0 saturated heterocycles. The van der Waals surface area contributed by atoms with Crippen molar-refractivity contribution in [2.45, 2.75) is 50.6 Å². The van der Waals surface area contributed by atoms with E-state index >= 15 is 0 Å². The molecule has 26 heavy (non-hydrogen) atoms. The van der Waals surface area contributed by atoms with Crippen LogP contribution in [-0.2, 0) is 16.4 Å². The third-order valence-electron chi connectivity index (χ3n) is 3.37. The van der Waals surface area contributed by atoms with Crippen molar-refractivity contribution < 1.29 is 12.9 Å². The van der Waals surface area contributed by atoms with Crippen molar-refractivity contribution in [1.29, 1.82) is 0 Å². The third kappa shape index (κ3) is 5.92. The minimum atomic E-state index is -3.69. The van der Waals surface area contributed by atoms with E-state index in [0.717, 1.165) is 0 Å². The Labute approximate surface area is 165 Å². The molecule has 0 aliphatic carbocycles. The van der Waals surface area contributed by atoms with Gasteiger partial charge in [-0.25, -0.2) is 13.1 Å². The van der Waals surface area contributed by atoms with E-state index in [-0.39, 0.29) is 29.2 Å². The number of nitrogens with one attached hydrogen (secondary N) is 2. The van der Waals surface area contributed by atoms with Crippen LogP contribution in [0.1, 0.15) is 33.5 Å². The van der Waals surface area contributed by atoms with Crippen LogP contribution in [0.25, 0.3) is 11.5 Å². The summed E-state index contributed by atoms with van der Waals surface area (Å²) in [6.45, 7) is 7.31. The molecule has 2 rings (SSSR count). The van der Waals surface area contributed by atoms with Crippen LogP contribution in [0, 0.1) is 0 Å². The number of rotatable bonds is 6. The summed E-state index contributed by atoms with van der Waals surface area (Å²) in [6.07, 6.45) is 0.585. The van der Waals surface area contributed by atoms with Gasteiger partial charge in [0.2, 0.25) is 10.0 Å². The van der Waals surface area contributed by atoms with Crippen molar-refractivity contribution >= 4 is 34.0 Å². The van der Waals surface area contributed by atoms with Gasteiger partial charge in [0.05, 0.1) is 15.5 Å². The fourth-order valence-corrected chi connectivity index (χ4v) is 3.76. The summed E-state index contributed by atoms with van der Waals surface area (Å²) in [5.41, 5.74) is -0.214. The Balaban J connectivity index is 0.00000338. The van der Waals surface area contributed by atoms with Gasteiger partial charge in [-0.15, -0.1) is 12.4 Å². The fraction of sp³-hybridized carbons (Fsp3) is 0.500. The van der Waals surface area contributed by atoms with Crippen LogP contribution in [0.5, 0.6) is 0 Å². The standard InChI is InChI=1S/C16H23ClN4O3S.ClH/c1-10(18-5)8-14-19-15(24-20-14)12-9-11(6-7-13(12)17)25(22,23)21-16(2,3)4;/h6-7,9-10,18,21H,8H2,1-5H3;1H. The molecule has 2 N–H and O–H groups in total. The van der Waals surface area contributed by atoms with Crippen LogP contribution in [0.3, 0.4) is 0 Å². The lowest BCUT2D eigenvalue weighted by atomic mass is 10.1. The van der Waals surface area contributed by atoms with E-state index < -0.39 is 15.6 Å². The zero-order chi connectivity index (χ0) is 18.8. The molecule has 1 atom stereocenters. The molecule has 1 aromatic carbocycles. The molecular formula is C16H24Cl2N4O3S. The average Bonchev–Trinajstić information content (AvgIpc) is 2.93. The number of aromatic nitrogens is 2. The Morgan fingerprint density at radius 2 is 1.96 bits per heavy atom. The lowest BCUT2D eigenvalue weighted by Crippen LogP contribution is -2.40. The topological polar surface area (TPSA) is 97.1 Å². The fourth-order valence-electron chi connectivity index (χ4n) is 2.12. The van der Waals surface area contributed by atoms with Crippen molar-refractivity contribution in [3.05, 3.63) is 29.0 Å². The second-order valence-corrected chi connectivity index (χ2v) is 9.00. The molecule has 146 valence electrons. The van der Waals surface area contributed by atoms with E-state index in [0.29, 0.717) is 22.8 Å². The highest BCUT2D eigenvalue weighted by Gasteiger charge is 2.24. The molecule has 7 nitrogen and oxygen atoms in total. The molecule has 10 heteroatoms. The van der Waals surface area contributed by atoms with Crippen LogP contribution >= 0.6 is 24.0 Å². The van der Waals surface area contributed by atoms with Gasteiger partial charge in [0.1, 0.15) is 0 Å². The molecule has 0 amide bonds. The lowest BCUT2D eigenvalue weighted by molar-refractivity contribution is 0.418. The minimum absolute atomic E-state index is 0. The second-order valence-electron chi connectivity index (χ2n) is 6.91. The molecule has 0 spiro atoms. The Bertz CT molecular complexity index is 847. The van der Waals surface area contributed by atoms with Crippen molar-refractivity contribution in [1.82, 2.24) is 20.2 Å². The molecule has 1 heterocycles. The number of benzene rings is 1. The number of halogens is 2. The highest BCUT2D eigenvalue weighted by atomic mass is 35.5. The number of sulfonamides is 1. The number of likely N-dealkylation sites (N-methyl/N-ethyl adjacent to an activating group) is 1. The van der Waals surface area contributed by atoms with Crippen LogP contribution in [0.2, 0.25) is 5.02 Å². The minimum Gasteiger partial charge on any atom is -0.334 e. The van der Waals surface area contributed by atoms with Gasteiger partial charge in [0, 0.05) is 18.0 Å². The zero-order valence-electron chi connectivity index (χ0n) is 15.3. The van der Waals surface area contributed by atoms with Crippen molar-refractivity contribution in [2.75, 3.05) is 7.05 Å². The molecular weight excluding hydrogens is 399 g/mol. The first-order valence-electron chi connectivity index (χ1n) is 7.85. The third-order valence-corrected chi connectivity index (χ3v) is 5.45. The summed E-state index contributed by atoms with van der Waals surface area (Å²) < 4.78 is 32.9. The number of hydrogen-bond donors (Lipinski definition) is 2. The summed E-state index contributed by atoms with van der Waals surface area (Å²) in [5, 5.41) is 7.35. The molecule has 2 aromatic rings. The smallest absolute Gasteiger partial charge is 0.259 e. The van der Waals surface area contributed by atoms with Crippen LogP contribution < -0.4 is 10.0 Å². The number of hydrogen-bond acceptors (Lipinski definition) is 6. The predicted octanol–water partition coefficient (Wildman–Crippen LogP) is 3.04. The molecule has 0 fully saturated rings. The molecule has 1 aromatic heterocycles. The van der Waals surface area contributed by atoms with Crippen molar-refractivity contribution in [3.8, 4) is 11.5 Å².